The summed E-state index contributed by atoms with van der Waals surface area (Å²) in [4.78, 5) is 50.9. The van der Waals surface area contributed by atoms with Crippen LogP contribution in [0.2, 0.25) is 5.02 Å². The standard InChI is InChI=1S/C31H30ClFN6O4/c1-5-25(40)37-13-14-38(18(4)16-37)28-21-15-22(32)26(20-9-6-7-11-23(20)33)35-29(21)39(30(41)36-28)27-19(17(2)3)10-8-12-24(27)34-31(42)43/h5-12,15,17-18,34H,1,13-14,16H2,2-4H3,(H,42,43). The van der Waals surface area contributed by atoms with Crippen molar-refractivity contribution in [3.8, 4) is 16.9 Å². The number of hydrogen-bond donors (Lipinski definition) is 2. The number of amides is 2. The van der Waals surface area contributed by atoms with Crippen LogP contribution < -0.4 is 15.9 Å². The molecule has 1 fully saturated rings. The highest BCUT2D eigenvalue weighted by Gasteiger charge is 2.30. The molecule has 222 valence electrons. The van der Waals surface area contributed by atoms with Crippen LogP contribution in [-0.4, -0.2) is 62.2 Å². The van der Waals surface area contributed by atoms with Crippen LogP contribution in [0.4, 0.5) is 20.7 Å². The Morgan fingerprint density at radius 3 is 2.56 bits per heavy atom. The first-order valence-corrected chi connectivity index (χ1v) is 14.1. The molecule has 1 atom stereocenters. The van der Waals surface area contributed by atoms with Crippen LogP contribution in [0.5, 0.6) is 0 Å². The summed E-state index contributed by atoms with van der Waals surface area (Å²) in [7, 11) is 0. The van der Waals surface area contributed by atoms with E-state index in [1.165, 1.54) is 22.8 Å². The zero-order valence-electron chi connectivity index (χ0n) is 23.8. The van der Waals surface area contributed by atoms with E-state index in [0.717, 1.165) is 0 Å². The second kappa shape index (κ2) is 11.8. The molecule has 1 saturated heterocycles. The number of nitrogens with zero attached hydrogens (tertiary/aromatic N) is 5. The fourth-order valence-electron chi connectivity index (χ4n) is 5.46. The number of anilines is 2. The Morgan fingerprint density at radius 1 is 1.16 bits per heavy atom. The number of carbonyl (C=O) groups excluding carboxylic acids is 1. The van der Waals surface area contributed by atoms with Gasteiger partial charge in [0, 0.05) is 31.2 Å². The molecule has 1 aliphatic rings. The fourth-order valence-corrected chi connectivity index (χ4v) is 5.72. The van der Waals surface area contributed by atoms with Crippen molar-refractivity contribution in [2.75, 3.05) is 29.9 Å². The number of para-hydroxylation sites is 1. The topological polar surface area (TPSA) is 121 Å². The SMILES string of the molecule is C=CC(=O)N1CCN(c2nc(=O)n(-c3c(NC(=O)O)cccc3C(C)C)c3nc(-c4ccccc4F)c(Cl)cc23)C(C)C1. The van der Waals surface area contributed by atoms with Crippen molar-refractivity contribution in [1.82, 2.24) is 19.4 Å². The van der Waals surface area contributed by atoms with Gasteiger partial charge in [-0.15, -0.1) is 0 Å². The summed E-state index contributed by atoms with van der Waals surface area (Å²) in [6, 6.07) is 12.4. The first-order chi connectivity index (χ1) is 20.5. The molecular weight excluding hydrogens is 575 g/mol. The lowest BCUT2D eigenvalue weighted by molar-refractivity contribution is -0.126. The molecule has 2 aromatic carbocycles. The molecule has 0 bridgehead atoms. The van der Waals surface area contributed by atoms with E-state index < -0.39 is 17.6 Å². The highest BCUT2D eigenvalue weighted by molar-refractivity contribution is 6.33. The minimum atomic E-state index is -1.31. The second-order valence-electron chi connectivity index (χ2n) is 10.6. The van der Waals surface area contributed by atoms with E-state index in [1.807, 2.05) is 25.7 Å². The molecule has 0 spiro atoms. The second-order valence-corrected chi connectivity index (χ2v) is 11.0. The predicted molar refractivity (Wildman–Crippen MR) is 165 cm³/mol. The van der Waals surface area contributed by atoms with Gasteiger partial charge < -0.3 is 14.9 Å². The number of halogens is 2. The van der Waals surface area contributed by atoms with Crippen LogP contribution in [0.1, 0.15) is 32.3 Å². The number of nitrogens with one attached hydrogen (secondary N) is 1. The van der Waals surface area contributed by atoms with Crippen molar-refractivity contribution in [3.05, 3.63) is 88.1 Å². The molecule has 43 heavy (non-hydrogen) atoms. The van der Waals surface area contributed by atoms with E-state index in [2.05, 4.69) is 16.9 Å². The van der Waals surface area contributed by atoms with Crippen LogP contribution in [0.25, 0.3) is 28.0 Å². The van der Waals surface area contributed by atoms with Crippen molar-refractivity contribution in [1.29, 1.82) is 0 Å². The molecule has 1 aliphatic heterocycles. The number of pyridine rings is 1. The van der Waals surface area contributed by atoms with Crippen molar-refractivity contribution in [3.63, 3.8) is 0 Å². The minimum Gasteiger partial charge on any atom is -0.465 e. The molecule has 0 saturated carbocycles. The molecule has 4 aromatic rings. The summed E-state index contributed by atoms with van der Waals surface area (Å²) in [6.45, 7) is 10.4. The predicted octanol–water partition coefficient (Wildman–Crippen LogP) is 5.68. The summed E-state index contributed by atoms with van der Waals surface area (Å²) in [5, 5.41) is 12.5. The Balaban J connectivity index is 1.84. The highest BCUT2D eigenvalue weighted by Crippen LogP contribution is 2.37. The Bertz CT molecular complexity index is 1820. The first-order valence-electron chi connectivity index (χ1n) is 13.7. The van der Waals surface area contributed by atoms with Crippen LogP contribution in [0, 0.1) is 5.82 Å². The smallest absolute Gasteiger partial charge is 0.409 e. The lowest BCUT2D eigenvalue weighted by atomic mass is 9.99. The highest BCUT2D eigenvalue weighted by atomic mass is 35.5. The quantitative estimate of drug-likeness (QED) is 0.272. The van der Waals surface area contributed by atoms with Gasteiger partial charge in [-0.3, -0.25) is 10.1 Å². The van der Waals surface area contributed by atoms with Gasteiger partial charge in [-0.2, -0.15) is 4.98 Å². The minimum absolute atomic E-state index is 0.113. The number of benzene rings is 2. The molecular formula is C31H30ClFN6O4. The lowest BCUT2D eigenvalue weighted by Gasteiger charge is -2.40. The van der Waals surface area contributed by atoms with Crippen molar-refractivity contribution >= 4 is 46.1 Å². The third kappa shape index (κ3) is 5.55. The van der Waals surface area contributed by atoms with Crippen LogP contribution in [-0.2, 0) is 4.79 Å². The summed E-state index contributed by atoms with van der Waals surface area (Å²) in [5.41, 5.74) is 0.743. The van der Waals surface area contributed by atoms with Gasteiger partial charge in [0.25, 0.3) is 0 Å². The van der Waals surface area contributed by atoms with Gasteiger partial charge in [0.1, 0.15) is 11.6 Å². The van der Waals surface area contributed by atoms with Gasteiger partial charge in [-0.1, -0.05) is 56.3 Å². The lowest BCUT2D eigenvalue weighted by Crippen LogP contribution is -2.54. The maximum atomic E-state index is 15.0. The zero-order chi connectivity index (χ0) is 31.0. The number of carboxylic acid groups (broad SMARTS) is 1. The average molecular weight is 605 g/mol. The molecule has 12 heteroatoms. The van der Waals surface area contributed by atoms with Crippen molar-refractivity contribution in [2.24, 2.45) is 0 Å². The summed E-state index contributed by atoms with van der Waals surface area (Å²) in [5.74, 6) is -0.561. The van der Waals surface area contributed by atoms with Gasteiger partial charge in [-0.05, 0) is 48.7 Å². The number of aromatic nitrogens is 3. The van der Waals surface area contributed by atoms with Crippen molar-refractivity contribution in [2.45, 2.75) is 32.7 Å². The average Bonchev–Trinajstić information content (AvgIpc) is 2.96. The Hall–Kier alpha value is -4.77. The van der Waals surface area contributed by atoms with Gasteiger partial charge in [-0.25, -0.2) is 23.5 Å². The third-order valence-electron chi connectivity index (χ3n) is 7.47. The van der Waals surface area contributed by atoms with E-state index in [9.17, 15) is 23.9 Å². The van der Waals surface area contributed by atoms with Crippen molar-refractivity contribution < 1.29 is 19.1 Å². The van der Waals surface area contributed by atoms with Gasteiger partial charge >= 0.3 is 11.8 Å². The van der Waals surface area contributed by atoms with E-state index >= 15 is 0 Å². The maximum absolute atomic E-state index is 15.0. The van der Waals surface area contributed by atoms with Crippen LogP contribution >= 0.6 is 11.6 Å². The molecule has 2 aromatic heterocycles. The molecule has 1 unspecified atom stereocenters. The van der Waals surface area contributed by atoms with E-state index in [4.69, 9.17) is 16.6 Å². The Kier molecular flexibility index (Phi) is 8.19. The molecule has 10 nitrogen and oxygen atoms in total. The van der Waals surface area contributed by atoms with E-state index in [1.54, 1.807) is 41.3 Å². The summed E-state index contributed by atoms with van der Waals surface area (Å²) >= 11 is 6.74. The number of rotatable bonds is 6. The van der Waals surface area contributed by atoms with Gasteiger partial charge in [0.2, 0.25) is 5.91 Å². The van der Waals surface area contributed by atoms with Gasteiger partial charge in [0.05, 0.1) is 27.5 Å². The molecule has 2 amide bonds. The summed E-state index contributed by atoms with van der Waals surface area (Å²) < 4.78 is 16.2. The van der Waals surface area contributed by atoms with Crippen LogP contribution in [0.15, 0.2) is 66.0 Å². The number of carbonyl (C=O) groups is 2. The van der Waals surface area contributed by atoms with E-state index in [-0.39, 0.29) is 51.2 Å². The normalized spacial score (nSPS) is 15.2. The molecule has 2 N–H and O–H groups in total. The monoisotopic (exact) mass is 604 g/mol. The zero-order valence-corrected chi connectivity index (χ0v) is 24.6. The van der Waals surface area contributed by atoms with Crippen LogP contribution in [0.3, 0.4) is 0 Å². The van der Waals surface area contributed by atoms with E-state index in [0.29, 0.717) is 36.4 Å². The largest absolute Gasteiger partial charge is 0.465 e. The summed E-state index contributed by atoms with van der Waals surface area (Å²) in [6.07, 6.45) is -0.0482. The Morgan fingerprint density at radius 2 is 1.91 bits per heavy atom. The van der Waals surface area contributed by atoms with Gasteiger partial charge in [0.15, 0.2) is 5.65 Å². The molecule has 0 aliphatic carbocycles. The molecule has 5 rings (SSSR count). The molecule has 0 radical (unpaired) electrons. The third-order valence-corrected chi connectivity index (χ3v) is 7.76. The fraction of sp³-hybridized carbons (Fsp3) is 0.258. The number of piperazine rings is 1. The number of hydrogen-bond acceptors (Lipinski definition) is 6. The first kappa shape index (κ1) is 29.7. The molecule has 3 heterocycles. The number of fused-ring (bicyclic) bond motifs is 1. The Labute approximate surface area is 252 Å². The maximum Gasteiger partial charge on any atom is 0.409 e.